The number of aromatic nitrogens is 2. The summed E-state index contributed by atoms with van der Waals surface area (Å²) < 4.78 is 2.91. The zero-order valence-corrected chi connectivity index (χ0v) is 8.74. The highest BCUT2D eigenvalue weighted by Crippen LogP contribution is 2.24. The summed E-state index contributed by atoms with van der Waals surface area (Å²) in [5.74, 6) is 0. The van der Waals surface area contributed by atoms with Crippen LogP contribution >= 0.6 is 22.6 Å². The zero-order chi connectivity index (χ0) is 8.72. The van der Waals surface area contributed by atoms with Crippen molar-refractivity contribution in [2.45, 2.75) is 0 Å². The minimum Gasteiger partial charge on any atom is -0.398 e. The van der Waals surface area contributed by atoms with E-state index >= 15 is 0 Å². The first-order valence-corrected chi connectivity index (χ1v) is 4.63. The largest absolute Gasteiger partial charge is 0.398 e. The number of benzene rings is 1. The second kappa shape index (κ2) is 2.62. The van der Waals surface area contributed by atoms with Gasteiger partial charge in [0.1, 0.15) is 0 Å². The molecule has 0 fully saturated rings. The monoisotopic (exact) mass is 273 g/mol. The first-order chi connectivity index (χ1) is 5.70. The van der Waals surface area contributed by atoms with Crippen molar-refractivity contribution < 1.29 is 0 Å². The Kier molecular flexibility index (Phi) is 1.71. The summed E-state index contributed by atoms with van der Waals surface area (Å²) in [6, 6.07) is 3.89. The molecule has 0 aliphatic heterocycles. The second-order valence-corrected chi connectivity index (χ2v) is 3.75. The zero-order valence-electron chi connectivity index (χ0n) is 6.58. The molecule has 4 heteroatoms. The van der Waals surface area contributed by atoms with E-state index in [-0.39, 0.29) is 0 Å². The van der Waals surface area contributed by atoms with Crippen LogP contribution in [0.5, 0.6) is 0 Å². The van der Waals surface area contributed by atoms with Crippen LogP contribution in [0.25, 0.3) is 10.9 Å². The molecule has 0 saturated carbocycles. The Morgan fingerprint density at radius 1 is 1.50 bits per heavy atom. The van der Waals surface area contributed by atoms with Crippen LogP contribution in [0.3, 0.4) is 0 Å². The number of hydrogen-bond acceptors (Lipinski definition) is 2. The number of nitrogen functional groups attached to an aromatic ring is 1. The average Bonchev–Trinajstić information content (AvgIpc) is 2.41. The van der Waals surface area contributed by atoms with E-state index in [0.717, 1.165) is 20.2 Å². The Bertz CT molecular complexity index is 433. The lowest BCUT2D eigenvalue weighted by Crippen LogP contribution is -1.95. The number of halogens is 1. The summed E-state index contributed by atoms with van der Waals surface area (Å²) in [5.41, 5.74) is 7.68. The van der Waals surface area contributed by atoms with E-state index in [1.807, 2.05) is 30.1 Å². The van der Waals surface area contributed by atoms with Gasteiger partial charge in [-0.3, -0.25) is 4.68 Å². The van der Waals surface area contributed by atoms with Crippen LogP contribution < -0.4 is 5.73 Å². The maximum atomic E-state index is 5.77. The Hall–Kier alpha value is -0.780. The maximum Gasteiger partial charge on any atom is 0.0833 e. The molecule has 0 aliphatic carbocycles. The summed E-state index contributed by atoms with van der Waals surface area (Å²) in [5, 5.41) is 5.29. The van der Waals surface area contributed by atoms with Crippen LogP contribution in [0.1, 0.15) is 0 Å². The molecule has 2 rings (SSSR count). The number of aryl methyl sites for hydroxylation is 1. The standard InChI is InChI=1S/C8H8IN3/c1-12-8-5(4-11-12)2-3-6(10)7(8)9/h2-4H,10H2,1H3. The number of nitrogens with two attached hydrogens (primary N) is 1. The maximum absolute atomic E-state index is 5.77. The van der Waals surface area contributed by atoms with Crippen molar-refractivity contribution in [3.63, 3.8) is 0 Å². The van der Waals surface area contributed by atoms with Gasteiger partial charge in [0, 0.05) is 18.1 Å². The van der Waals surface area contributed by atoms with Crippen molar-refractivity contribution in [1.29, 1.82) is 0 Å². The molecule has 1 heterocycles. The quantitative estimate of drug-likeness (QED) is 0.587. The molecule has 0 atom stereocenters. The van der Waals surface area contributed by atoms with Gasteiger partial charge in [0.2, 0.25) is 0 Å². The van der Waals surface area contributed by atoms with Crippen LogP contribution in [0.15, 0.2) is 18.3 Å². The van der Waals surface area contributed by atoms with E-state index in [4.69, 9.17) is 5.73 Å². The molecule has 0 saturated heterocycles. The Morgan fingerprint density at radius 2 is 2.25 bits per heavy atom. The first-order valence-electron chi connectivity index (χ1n) is 3.56. The van der Waals surface area contributed by atoms with Gasteiger partial charge in [0.05, 0.1) is 15.3 Å². The third-order valence-electron chi connectivity index (χ3n) is 1.87. The molecule has 0 aliphatic rings. The van der Waals surface area contributed by atoms with Gasteiger partial charge in [0.15, 0.2) is 0 Å². The minimum atomic E-state index is 0.812. The summed E-state index contributed by atoms with van der Waals surface area (Å²) >= 11 is 2.24. The van der Waals surface area contributed by atoms with Crippen LogP contribution in [0, 0.1) is 3.57 Å². The number of hydrogen-bond donors (Lipinski definition) is 1. The lowest BCUT2D eigenvalue weighted by Gasteiger charge is -2.00. The van der Waals surface area contributed by atoms with E-state index < -0.39 is 0 Å². The van der Waals surface area contributed by atoms with Gasteiger partial charge in [0.25, 0.3) is 0 Å². The fourth-order valence-corrected chi connectivity index (χ4v) is 2.07. The van der Waals surface area contributed by atoms with E-state index in [2.05, 4.69) is 27.7 Å². The molecule has 0 unspecified atom stereocenters. The molecule has 12 heavy (non-hydrogen) atoms. The molecule has 0 bridgehead atoms. The predicted molar refractivity (Wildman–Crippen MR) is 57.8 cm³/mol. The smallest absolute Gasteiger partial charge is 0.0833 e. The molecular formula is C8H8IN3. The van der Waals surface area contributed by atoms with Crippen molar-refractivity contribution >= 4 is 39.2 Å². The summed E-state index contributed by atoms with van der Waals surface area (Å²) in [6.45, 7) is 0. The average molecular weight is 273 g/mol. The Labute approximate surface area is 83.7 Å². The van der Waals surface area contributed by atoms with Crippen molar-refractivity contribution in [3.8, 4) is 0 Å². The summed E-state index contributed by atoms with van der Waals surface area (Å²) in [6.07, 6.45) is 1.84. The normalized spacial score (nSPS) is 10.8. The van der Waals surface area contributed by atoms with Crippen molar-refractivity contribution in [2.75, 3.05) is 5.73 Å². The molecule has 0 radical (unpaired) electrons. The molecule has 0 spiro atoms. The molecule has 1 aromatic carbocycles. The van der Waals surface area contributed by atoms with Crippen LogP contribution in [-0.2, 0) is 7.05 Å². The SMILES string of the molecule is Cn1ncc2ccc(N)c(I)c21. The highest BCUT2D eigenvalue weighted by atomic mass is 127. The third-order valence-corrected chi connectivity index (χ3v) is 3.00. The molecule has 2 N–H and O–H groups in total. The molecule has 0 amide bonds. The highest BCUT2D eigenvalue weighted by molar-refractivity contribution is 14.1. The van der Waals surface area contributed by atoms with Gasteiger partial charge in [-0.25, -0.2) is 0 Å². The van der Waals surface area contributed by atoms with E-state index in [1.165, 1.54) is 0 Å². The first kappa shape index (κ1) is 7.85. The fourth-order valence-electron chi connectivity index (χ4n) is 1.23. The Balaban J connectivity index is 2.96. The third kappa shape index (κ3) is 0.979. The number of anilines is 1. The van der Waals surface area contributed by atoms with E-state index in [0.29, 0.717) is 0 Å². The van der Waals surface area contributed by atoms with Gasteiger partial charge in [-0.05, 0) is 34.7 Å². The minimum absolute atomic E-state index is 0.812. The number of nitrogens with zero attached hydrogens (tertiary/aromatic N) is 2. The van der Waals surface area contributed by atoms with E-state index in [9.17, 15) is 0 Å². The number of fused-ring (bicyclic) bond motifs is 1. The summed E-state index contributed by atoms with van der Waals surface area (Å²) in [4.78, 5) is 0. The lowest BCUT2D eigenvalue weighted by molar-refractivity contribution is 0.795. The summed E-state index contributed by atoms with van der Waals surface area (Å²) in [7, 11) is 1.92. The molecule has 3 nitrogen and oxygen atoms in total. The van der Waals surface area contributed by atoms with Gasteiger partial charge >= 0.3 is 0 Å². The number of rotatable bonds is 0. The highest BCUT2D eigenvalue weighted by Gasteiger charge is 2.05. The van der Waals surface area contributed by atoms with Crippen LogP contribution in [-0.4, -0.2) is 9.78 Å². The van der Waals surface area contributed by atoms with Crippen molar-refractivity contribution in [1.82, 2.24) is 9.78 Å². The second-order valence-electron chi connectivity index (χ2n) is 2.67. The van der Waals surface area contributed by atoms with Gasteiger partial charge in [-0.2, -0.15) is 5.10 Å². The molecule has 1 aromatic heterocycles. The predicted octanol–water partition coefficient (Wildman–Crippen LogP) is 1.76. The van der Waals surface area contributed by atoms with Gasteiger partial charge in [-0.15, -0.1) is 0 Å². The van der Waals surface area contributed by atoms with Crippen LogP contribution in [0.2, 0.25) is 0 Å². The van der Waals surface area contributed by atoms with Crippen LogP contribution in [0.4, 0.5) is 5.69 Å². The molecular weight excluding hydrogens is 265 g/mol. The van der Waals surface area contributed by atoms with Crippen molar-refractivity contribution in [3.05, 3.63) is 21.9 Å². The fraction of sp³-hybridized carbons (Fsp3) is 0.125. The van der Waals surface area contributed by atoms with Crippen molar-refractivity contribution in [2.24, 2.45) is 7.05 Å². The molecule has 2 aromatic rings. The van der Waals surface area contributed by atoms with Gasteiger partial charge in [-0.1, -0.05) is 0 Å². The Morgan fingerprint density at radius 3 is 3.00 bits per heavy atom. The molecule has 62 valence electrons. The lowest BCUT2D eigenvalue weighted by atomic mass is 10.2. The topological polar surface area (TPSA) is 43.8 Å². The van der Waals surface area contributed by atoms with E-state index in [1.54, 1.807) is 0 Å². The van der Waals surface area contributed by atoms with Gasteiger partial charge < -0.3 is 5.73 Å².